The van der Waals surface area contributed by atoms with Crippen molar-refractivity contribution in [2.45, 2.75) is 57.8 Å². The second-order valence-corrected chi connectivity index (χ2v) is 9.74. The Morgan fingerprint density at radius 1 is 1.08 bits per heavy atom. The van der Waals surface area contributed by atoms with E-state index < -0.39 is 10.1 Å². The Morgan fingerprint density at radius 3 is 1.88 bits per heavy atom. The lowest BCUT2D eigenvalue weighted by atomic mass is 9.48. The molecule has 4 bridgehead atoms. The van der Waals surface area contributed by atoms with Crippen molar-refractivity contribution in [2.24, 2.45) is 17.8 Å². The molecule has 7 nitrogen and oxygen atoms in total. The first kappa shape index (κ1) is 18.4. The molecular weight excluding hydrogens is 340 g/mol. The second kappa shape index (κ2) is 6.39. The smallest absolute Gasteiger partial charge is 0.264 e. The molecule has 0 saturated heterocycles. The van der Waals surface area contributed by atoms with E-state index >= 15 is 0 Å². The summed E-state index contributed by atoms with van der Waals surface area (Å²) in [6, 6.07) is 0. The lowest BCUT2D eigenvalue weighted by molar-refractivity contribution is -0.00539. The van der Waals surface area contributed by atoms with E-state index in [0.29, 0.717) is 11.8 Å². The molecule has 0 aliphatic heterocycles. The summed E-state index contributed by atoms with van der Waals surface area (Å²) in [5, 5.41) is 0. The van der Waals surface area contributed by atoms with Crippen LogP contribution in [0.5, 0.6) is 0 Å². The fourth-order valence-electron chi connectivity index (χ4n) is 5.69. The Kier molecular flexibility index (Phi) is 4.70. The largest absolute Gasteiger partial charge is 0.383 e. The molecule has 4 aliphatic carbocycles. The molecule has 1 aromatic heterocycles. The van der Waals surface area contributed by atoms with Crippen LogP contribution in [0, 0.1) is 24.7 Å². The van der Waals surface area contributed by atoms with Gasteiger partial charge in [-0.3, -0.25) is 4.55 Å². The fourth-order valence-corrected chi connectivity index (χ4v) is 5.69. The highest BCUT2D eigenvalue weighted by molar-refractivity contribution is 7.85. The first-order valence-corrected chi connectivity index (χ1v) is 10.6. The summed E-state index contributed by atoms with van der Waals surface area (Å²) in [5.74, 6) is 3.45. The molecule has 25 heavy (non-hydrogen) atoms. The molecule has 5 N–H and O–H groups in total. The van der Waals surface area contributed by atoms with Gasteiger partial charge < -0.3 is 11.5 Å². The van der Waals surface area contributed by atoms with E-state index in [1.54, 1.807) is 0 Å². The van der Waals surface area contributed by atoms with Crippen molar-refractivity contribution < 1.29 is 13.0 Å². The SMILES string of the molecule is CCS(=O)(=O)O.Cc1nc(N)nc(N)c1C12CC3CC(CC(C3)C1)C2. The topological polar surface area (TPSA) is 132 Å². The lowest BCUT2D eigenvalue weighted by Crippen LogP contribution is -2.49. The molecule has 140 valence electrons. The predicted octanol–water partition coefficient (Wildman–Crippen LogP) is 2.31. The molecule has 0 spiro atoms. The lowest BCUT2D eigenvalue weighted by Gasteiger charge is -2.57. The molecule has 4 aliphatic rings. The number of nitrogens with zero attached hydrogens (tertiary/aromatic N) is 2. The molecule has 8 heteroatoms. The Labute approximate surface area is 149 Å². The predicted molar refractivity (Wildman–Crippen MR) is 97.5 cm³/mol. The van der Waals surface area contributed by atoms with Gasteiger partial charge in [0, 0.05) is 16.7 Å². The Bertz CT molecular complexity index is 705. The standard InChI is InChI=1S/C15H22N4.C2H6O3S/c1-8-12(13(16)19-14(17)18-8)15-5-9-2-10(6-15)4-11(3-9)7-15;1-2-6(3,4)5/h9-11H,2-7H2,1H3,(H4,16,17,18,19);2H2,1H3,(H,3,4,5). The van der Waals surface area contributed by atoms with Crippen molar-refractivity contribution in [1.29, 1.82) is 0 Å². The van der Waals surface area contributed by atoms with E-state index in [9.17, 15) is 8.42 Å². The summed E-state index contributed by atoms with van der Waals surface area (Å²) in [6.07, 6.45) is 8.18. The average Bonchev–Trinajstić information content (AvgIpc) is 2.44. The number of hydrogen-bond donors (Lipinski definition) is 3. The third-order valence-corrected chi connectivity index (χ3v) is 6.80. The van der Waals surface area contributed by atoms with Crippen LogP contribution < -0.4 is 11.5 Å². The second-order valence-electron chi connectivity index (χ2n) is 8.00. The molecule has 0 radical (unpaired) electrons. The highest BCUT2D eigenvalue weighted by Gasteiger charge is 2.53. The Balaban J connectivity index is 0.000000265. The van der Waals surface area contributed by atoms with Crippen molar-refractivity contribution in [3.8, 4) is 0 Å². The fraction of sp³-hybridized carbons (Fsp3) is 0.765. The number of aromatic nitrogens is 2. The first-order chi connectivity index (χ1) is 11.6. The molecule has 0 aromatic carbocycles. The molecule has 5 rings (SSSR count). The van der Waals surface area contributed by atoms with Crippen LogP contribution in [0.15, 0.2) is 0 Å². The van der Waals surface area contributed by atoms with E-state index in [1.807, 2.05) is 6.92 Å². The van der Waals surface area contributed by atoms with Gasteiger partial charge in [-0.25, -0.2) is 4.98 Å². The third-order valence-electron chi connectivity index (χ3n) is 6.07. The van der Waals surface area contributed by atoms with Gasteiger partial charge in [0.15, 0.2) is 0 Å². The minimum Gasteiger partial charge on any atom is -0.383 e. The van der Waals surface area contributed by atoms with Gasteiger partial charge in [-0.05, 0) is 70.1 Å². The van der Waals surface area contributed by atoms with E-state index in [-0.39, 0.29) is 11.2 Å². The minimum absolute atomic E-state index is 0.201. The van der Waals surface area contributed by atoms with Gasteiger partial charge in [0.1, 0.15) is 5.82 Å². The zero-order valence-corrected chi connectivity index (χ0v) is 15.7. The highest BCUT2D eigenvalue weighted by atomic mass is 32.2. The summed E-state index contributed by atoms with van der Waals surface area (Å²) < 4.78 is 26.9. The molecule has 0 unspecified atom stereocenters. The van der Waals surface area contributed by atoms with Crippen LogP contribution in [0.4, 0.5) is 11.8 Å². The summed E-state index contributed by atoms with van der Waals surface area (Å²) in [5.41, 5.74) is 14.4. The molecular formula is C17H28N4O3S. The normalized spacial score (nSPS) is 33.0. The van der Waals surface area contributed by atoms with Crippen LogP contribution >= 0.6 is 0 Å². The first-order valence-electron chi connectivity index (χ1n) is 8.97. The van der Waals surface area contributed by atoms with Crippen LogP contribution in [0.1, 0.15) is 56.7 Å². The van der Waals surface area contributed by atoms with Gasteiger partial charge in [-0.1, -0.05) is 0 Å². The summed E-state index contributed by atoms with van der Waals surface area (Å²) in [6.45, 7) is 3.41. The van der Waals surface area contributed by atoms with Crippen LogP contribution in [-0.2, 0) is 15.5 Å². The quantitative estimate of drug-likeness (QED) is 0.682. The molecule has 0 atom stereocenters. The van der Waals surface area contributed by atoms with Crippen LogP contribution in [0.3, 0.4) is 0 Å². The summed E-state index contributed by atoms with van der Waals surface area (Å²) >= 11 is 0. The van der Waals surface area contributed by atoms with Crippen molar-refractivity contribution in [1.82, 2.24) is 9.97 Å². The maximum Gasteiger partial charge on any atom is 0.264 e. The Morgan fingerprint density at radius 2 is 1.52 bits per heavy atom. The van der Waals surface area contributed by atoms with Crippen molar-refractivity contribution in [2.75, 3.05) is 17.2 Å². The van der Waals surface area contributed by atoms with Crippen LogP contribution in [0.25, 0.3) is 0 Å². The monoisotopic (exact) mass is 368 g/mol. The minimum atomic E-state index is -3.66. The van der Waals surface area contributed by atoms with E-state index in [0.717, 1.165) is 23.4 Å². The maximum absolute atomic E-state index is 9.56. The van der Waals surface area contributed by atoms with Crippen molar-refractivity contribution in [3.63, 3.8) is 0 Å². The summed E-state index contributed by atoms with van der Waals surface area (Å²) in [7, 11) is -3.66. The van der Waals surface area contributed by atoms with Gasteiger partial charge in [0.2, 0.25) is 5.95 Å². The number of nitrogen functional groups attached to an aromatic ring is 2. The molecule has 4 fully saturated rings. The Hall–Kier alpha value is -1.41. The molecule has 1 aromatic rings. The van der Waals surface area contributed by atoms with Crippen LogP contribution in [-0.4, -0.2) is 28.7 Å². The number of rotatable bonds is 2. The summed E-state index contributed by atoms with van der Waals surface area (Å²) in [4.78, 5) is 8.61. The number of anilines is 2. The zero-order valence-electron chi connectivity index (χ0n) is 14.9. The van der Waals surface area contributed by atoms with Crippen molar-refractivity contribution in [3.05, 3.63) is 11.3 Å². The van der Waals surface area contributed by atoms with Gasteiger partial charge in [0.05, 0.1) is 5.75 Å². The van der Waals surface area contributed by atoms with E-state index in [2.05, 4.69) is 9.97 Å². The van der Waals surface area contributed by atoms with E-state index in [4.69, 9.17) is 16.0 Å². The third kappa shape index (κ3) is 3.74. The molecule has 0 amide bonds. The maximum atomic E-state index is 9.56. The van der Waals surface area contributed by atoms with Crippen LogP contribution in [0.2, 0.25) is 0 Å². The molecule has 1 heterocycles. The number of hydrogen-bond acceptors (Lipinski definition) is 6. The van der Waals surface area contributed by atoms with Gasteiger partial charge in [0.25, 0.3) is 10.1 Å². The van der Waals surface area contributed by atoms with Crippen molar-refractivity contribution >= 4 is 21.9 Å². The number of aryl methyl sites for hydroxylation is 1. The zero-order chi connectivity index (χ0) is 18.4. The van der Waals surface area contributed by atoms with Gasteiger partial charge >= 0.3 is 0 Å². The number of nitrogens with two attached hydrogens (primary N) is 2. The van der Waals surface area contributed by atoms with E-state index in [1.165, 1.54) is 51.0 Å². The van der Waals surface area contributed by atoms with Gasteiger partial charge in [-0.2, -0.15) is 13.4 Å². The average molecular weight is 369 g/mol. The molecule has 4 saturated carbocycles. The van der Waals surface area contributed by atoms with Gasteiger partial charge in [-0.15, -0.1) is 0 Å². The highest BCUT2D eigenvalue weighted by Crippen LogP contribution is 2.61.